The molecule has 0 bridgehead atoms. The van der Waals surface area contributed by atoms with Crippen LogP contribution in [0.1, 0.15) is 22.7 Å². The minimum Gasteiger partial charge on any atom is -0.358 e. The van der Waals surface area contributed by atoms with Crippen molar-refractivity contribution in [3.8, 4) is 0 Å². The predicted molar refractivity (Wildman–Crippen MR) is 84.9 cm³/mol. The molecule has 0 radical (unpaired) electrons. The molecule has 1 heterocycles. The maximum Gasteiger partial charge on any atom is 0.126 e. The number of halogens is 1. The van der Waals surface area contributed by atoms with Gasteiger partial charge in [0.25, 0.3) is 0 Å². The summed E-state index contributed by atoms with van der Waals surface area (Å²) in [5, 5.41) is 1.18. The molecular formula is C18H19FN2. The highest BCUT2D eigenvalue weighted by molar-refractivity contribution is 5.85. The van der Waals surface area contributed by atoms with E-state index in [1.54, 1.807) is 6.07 Å². The van der Waals surface area contributed by atoms with Crippen LogP contribution >= 0.6 is 0 Å². The van der Waals surface area contributed by atoms with Crippen molar-refractivity contribution in [3.05, 3.63) is 71.2 Å². The predicted octanol–water partition coefficient (Wildman–Crippen LogP) is 3.90. The molecular weight excluding hydrogens is 263 g/mol. The fraction of sp³-hybridized carbons (Fsp3) is 0.222. The van der Waals surface area contributed by atoms with Crippen molar-refractivity contribution >= 4 is 10.9 Å². The van der Waals surface area contributed by atoms with E-state index in [1.807, 2.05) is 24.3 Å². The number of hydrogen-bond donors (Lipinski definition) is 2. The molecule has 0 aliphatic rings. The molecule has 0 aliphatic heterocycles. The molecule has 0 saturated carbocycles. The van der Waals surface area contributed by atoms with Crippen molar-refractivity contribution in [2.24, 2.45) is 5.73 Å². The zero-order valence-corrected chi connectivity index (χ0v) is 12.1. The maximum atomic E-state index is 13.9. The van der Waals surface area contributed by atoms with E-state index in [0.717, 1.165) is 16.8 Å². The zero-order chi connectivity index (χ0) is 14.8. The number of nitrogens with one attached hydrogen (secondary N) is 1. The van der Waals surface area contributed by atoms with Crippen LogP contribution in [0.4, 0.5) is 4.39 Å². The van der Waals surface area contributed by atoms with Crippen LogP contribution in [0.3, 0.4) is 0 Å². The lowest BCUT2D eigenvalue weighted by atomic mass is 9.90. The first kappa shape index (κ1) is 13.8. The Labute approximate surface area is 123 Å². The SMILES string of the molecule is Cc1[nH]c2ccccc2c1C(CN)Cc1ccccc1F. The van der Waals surface area contributed by atoms with Crippen molar-refractivity contribution in [3.63, 3.8) is 0 Å². The first-order chi connectivity index (χ1) is 10.2. The summed E-state index contributed by atoms with van der Waals surface area (Å²) in [7, 11) is 0. The number of benzene rings is 2. The van der Waals surface area contributed by atoms with E-state index in [2.05, 4.69) is 24.0 Å². The van der Waals surface area contributed by atoms with Crippen molar-refractivity contribution in [1.29, 1.82) is 0 Å². The summed E-state index contributed by atoms with van der Waals surface area (Å²) in [6, 6.07) is 15.1. The van der Waals surface area contributed by atoms with Crippen LogP contribution in [0, 0.1) is 12.7 Å². The van der Waals surface area contributed by atoms with Gasteiger partial charge < -0.3 is 10.7 Å². The van der Waals surface area contributed by atoms with Gasteiger partial charge in [-0.15, -0.1) is 0 Å². The van der Waals surface area contributed by atoms with Crippen LogP contribution < -0.4 is 5.73 Å². The topological polar surface area (TPSA) is 41.8 Å². The van der Waals surface area contributed by atoms with Gasteiger partial charge in [-0.25, -0.2) is 4.39 Å². The third-order valence-corrected chi connectivity index (χ3v) is 4.06. The molecule has 0 aliphatic carbocycles. The van der Waals surface area contributed by atoms with E-state index in [-0.39, 0.29) is 11.7 Å². The molecule has 3 heteroatoms. The summed E-state index contributed by atoms with van der Waals surface area (Å²) in [5.41, 5.74) is 10.1. The Bertz CT molecular complexity index is 761. The highest BCUT2D eigenvalue weighted by Gasteiger charge is 2.19. The number of aromatic nitrogens is 1. The van der Waals surface area contributed by atoms with Gasteiger partial charge in [-0.05, 0) is 43.1 Å². The highest BCUT2D eigenvalue weighted by atomic mass is 19.1. The molecule has 3 aromatic rings. The third-order valence-electron chi connectivity index (χ3n) is 4.06. The molecule has 0 spiro atoms. The zero-order valence-electron chi connectivity index (χ0n) is 12.1. The number of rotatable bonds is 4. The van der Waals surface area contributed by atoms with Gasteiger partial charge in [-0.1, -0.05) is 36.4 Å². The van der Waals surface area contributed by atoms with Crippen LogP contribution in [-0.4, -0.2) is 11.5 Å². The standard InChI is InChI=1S/C18H19FN2/c1-12-18(15-7-3-5-9-17(15)21-12)14(11-20)10-13-6-2-4-8-16(13)19/h2-9,14,21H,10-11,20H2,1H3. The van der Waals surface area contributed by atoms with Crippen molar-refractivity contribution in [2.45, 2.75) is 19.3 Å². The molecule has 2 aromatic carbocycles. The van der Waals surface area contributed by atoms with E-state index < -0.39 is 0 Å². The van der Waals surface area contributed by atoms with Crippen LogP contribution in [0.2, 0.25) is 0 Å². The number of aryl methyl sites for hydroxylation is 1. The van der Waals surface area contributed by atoms with Gasteiger partial charge in [0.05, 0.1) is 0 Å². The molecule has 3 N–H and O–H groups in total. The lowest BCUT2D eigenvalue weighted by Crippen LogP contribution is -2.16. The van der Waals surface area contributed by atoms with Gasteiger partial charge in [0.2, 0.25) is 0 Å². The number of hydrogen-bond acceptors (Lipinski definition) is 1. The Kier molecular flexibility index (Phi) is 3.76. The van der Waals surface area contributed by atoms with Gasteiger partial charge in [-0.3, -0.25) is 0 Å². The van der Waals surface area contributed by atoms with E-state index in [0.29, 0.717) is 13.0 Å². The molecule has 1 atom stereocenters. The van der Waals surface area contributed by atoms with E-state index in [1.165, 1.54) is 17.0 Å². The fourth-order valence-corrected chi connectivity index (χ4v) is 3.06. The van der Waals surface area contributed by atoms with Gasteiger partial charge in [0.1, 0.15) is 5.82 Å². The van der Waals surface area contributed by atoms with Gasteiger partial charge in [0, 0.05) is 22.5 Å². The molecule has 108 valence electrons. The summed E-state index contributed by atoms with van der Waals surface area (Å²) in [6.07, 6.45) is 0.617. The van der Waals surface area contributed by atoms with Gasteiger partial charge >= 0.3 is 0 Å². The normalized spacial score (nSPS) is 12.7. The molecule has 1 unspecified atom stereocenters. The molecule has 2 nitrogen and oxygen atoms in total. The number of fused-ring (bicyclic) bond motifs is 1. The lowest BCUT2D eigenvalue weighted by molar-refractivity contribution is 0.590. The largest absolute Gasteiger partial charge is 0.358 e. The second kappa shape index (κ2) is 5.70. The minimum absolute atomic E-state index is 0.109. The van der Waals surface area contributed by atoms with Crippen molar-refractivity contribution < 1.29 is 4.39 Å². The molecule has 0 saturated heterocycles. The fourth-order valence-electron chi connectivity index (χ4n) is 3.06. The Balaban J connectivity index is 2.03. The summed E-state index contributed by atoms with van der Waals surface area (Å²) in [6.45, 7) is 2.55. The molecule has 1 aromatic heterocycles. The van der Waals surface area contributed by atoms with E-state index >= 15 is 0 Å². The van der Waals surface area contributed by atoms with Crippen molar-refractivity contribution in [2.75, 3.05) is 6.54 Å². The molecule has 3 rings (SSSR count). The highest BCUT2D eigenvalue weighted by Crippen LogP contribution is 2.31. The Morgan fingerprint density at radius 1 is 1.10 bits per heavy atom. The third kappa shape index (κ3) is 2.57. The second-order valence-electron chi connectivity index (χ2n) is 5.44. The Hall–Kier alpha value is -2.13. The number of H-pyrrole nitrogens is 1. The number of para-hydroxylation sites is 1. The molecule has 0 fully saturated rings. The van der Waals surface area contributed by atoms with E-state index in [9.17, 15) is 4.39 Å². The number of aromatic amines is 1. The molecule has 0 amide bonds. The summed E-state index contributed by atoms with van der Waals surface area (Å²) in [5.74, 6) is -0.0495. The van der Waals surface area contributed by atoms with Gasteiger partial charge in [0.15, 0.2) is 0 Å². The average molecular weight is 282 g/mol. The molecule has 21 heavy (non-hydrogen) atoms. The van der Waals surface area contributed by atoms with Crippen LogP contribution in [0.5, 0.6) is 0 Å². The van der Waals surface area contributed by atoms with Crippen LogP contribution in [-0.2, 0) is 6.42 Å². The average Bonchev–Trinajstić information content (AvgIpc) is 2.82. The first-order valence-corrected chi connectivity index (χ1v) is 7.21. The smallest absolute Gasteiger partial charge is 0.126 e. The van der Waals surface area contributed by atoms with Gasteiger partial charge in [-0.2, -0.15) is 0 Å². The van der Waals surface area contributed by atoms with Crippen LogP contribution in [0.25, 0.3) is 10.9 Å². The Morgan fingerprint density at radius 2 is 1.81 bits per heavy atom. The lowest BCUT2D eigenvalue weighted by Gasteiger charge is -2.16. The quantitative estimate of drug-likeness (QED) is 0.748. The minimum atomic E-state index is -0.159. The maximum absolute atomic E-state index is 13.9. The van der Waals surface area contributed by atoms with Crippen molar-refractivity contribution in [1.82, 2.24) is 4.98 Å². The number of nitrogens with two attached hydrogens (primary N) is 1. The monoisotopic (exact) mass is 282 g/mol. The summed E-state index contributed by atoms with van der Waals surface area (Å²) >= 11 is 0. The summed E-state index contributed by atoms with van der Waals surface area (Å²) < 4.78 is 13.9. The summed E-state index contributed by atoms with van der Waals surface area (Å²) in [4.78, 5) is 3.39. The van der Waals surface area contributed by atoms with Crippen LogP contribution in [0.15, 0.2) is 48.5 Å². The second-order valence-corrected chi connectivity index (χ2v) is 5.44. The first-order valence-electron chi connectivity index (χ1n) is 7.21. The van der Waals surface area contributed by atoms with E-state index in [4.69, 9.17) is 5.73 Å². The Morgan fingerprint density at radius 3 is 2.57 bits per heavy atom.